The highest BCUT2D eigenvalue weighted by Crippen LogP contribution is 2.28. The maximum Gasteiger partial charge on any atom is 0.268 e. The SMILES string of the molecule is CCc1ccsc1-c1nc(CCNC)no1. The van der Waals surface area contributed by atoms with Gasteiger partial charge in [0.25, 0.3) is 5.89 Å². The monoisotopic (exact) mass is 237 g/mol. The van der Waals surface area contributed by atoms with Crippen LogP contribution in [0.5, 0.6) is 0 Å². The first-order chi connectivity index (χ1) is 7.85. The molecule has 0 aromatic carbocycles. The van der Waals surface area contributed by atoms with Crippen molar-refractivity contribution >= 4 is 11.3 Å². The summed E-state index contributed by atoms with van der Waals surface area (Å²) in [6, 6.07) is 2.11. The van der Waals surface area contributed by atoms with Gasteiger partial charge >= 0.3 is 0 Å². The number of thiophene rings is 1. The highest BCUT2D eigenvalue weighted by Gasteiger charge is 2.13. The van der Waals surface area contributed by atoms with Gasteiger partial charge in [-0.15, -0.1) is 11.3 Å². The van der Waals surface area contributed by atoms with E-state index in [1.54, 1.807) is 11.3 Å². The van der Waals surface area contributed by atoms with Crippen molar-refractivity contribution in [2.45, 2.75) is 19.8 Å². The second-order valence-corrected chi connectivity index (χ2v) is 4.41. The van der Waals surface area contributed by atoms with Gasteiger partial charge < -0.3 is 9.84 Å². The molecule has 0 saturated carbocycles. The van der Waals surface area contributed by atoms with Crippen molar-refractivity contribution in [1.29, 1.82) is 0 Å². The lowest BCUT2D eigenvalue weighted by molar-refractivity contribution is 0.422. The van der Waals surface area contributed by atoms with Crippen molar-refractivity contribution in [3.63, 3.8) is 0 Å². The molecule has 0 saturated heterocycles. The summed E-state index contributed by atoms with van der Waals surface area (Å²) >= 11 is 1.65. The number of aromatic nitrogens is 2. The third-order valence-corrected chi connectivity index (χ3v) is 3.33. The standard InChI is InChI=1S/C11H15N3OS/c1-3-8-5-7-16-10(8)11-13-9(14-15-11)4-6-12-2/h5,7,12H,3-4,6H2,1-2H3. The number of hydrogen-bond acceptors (Lipinski definition) is 5. The van der Waals surface area contributed by atoms with Crippen LogP contribution in [0.3, 0.4) is 0 Å². The third kappa shape index (κ3) is 2.31. The summed E-state index contributed by atoms with van der Waals surface area (Å²) in [5.74, 6) is 1.41. The predicted octanol–water partition coefficient (Wildman–Crippen LogP) is 2.12. The lowest BCUT2D eigenvalue weighted by Crippen LogP contribution is -2.10. The Morgan fingerprint density at radius 3 is 3.12 bits per heavy atom. The van der Waals surface area contributed by atoms with Crippen LogP contribution in [0.4, 0.5) is 0 Å². The first-order valence-corrected chi connectivity index (χ1v) is 6.27. The Kier molecular flexibility index (Phi) is 3.69. The van der Waals surface area contributed by atoms with Gasteiger partial charge in [0.2, 0.25) is 0 Å². The largest absolute Gasteiger partial charge is 0.333 e. The second kappa shape index (κ2) is 5.23. The van der Waals surface area contributed by atoms with Crippen molar-refractivity contribution in [3.05, 3.63) is 22.8 Å². The minimum Gasteiger partial charge on any atom is -0.333 e. The topological polar surface area (TPSA) is 51.0 Å². The van der Waals surface area contributed by atoms with Crippen molar-refractivity contribution < 1.29 is 4.52 Å². The summed E-state index contributed by atoms with van der Waals surface area (Å²) in [5, 5.41) is 9.09. The van der Waals surface area contributed by atoms with Gasteiger partial charge in [0.15, 0.2) is 5.82 Å². The molecule has 0 aliphatic heterocycles. The summed E-state index contributed by atoms with van der Waals surface area (Å²) < 4.78 is 5.27. The van der Waals surface area contributed by atoms with Gasteiger partial charge in [0, 0.05) is 13.0 Å². The van der Waals surface area contributed by atoms with Crippen molar-refractivity contribution in [2.75, 3.05) is 13.6 Å². The molecular formula is C11H15N3OS. The van der Waals surface area contributed by atoms with Crippen molar-refractivity contribution in [3.8, 4) is 10.8 Å². The summed E-state index contributed by atoms with van der Waals surface area (Å²) in [7, 11) is 1.91. The molecule has 86 valence electrons. The molecule has 2 aromatic rings. The fourth-order valence-corrected chi connectivity index (χ4v) is 2.40. The zero-order chi connectivity index (χ0) is 11.4. The van der Waals surface area contributed by atoms with Crippen LogP contribution in [0.1, 0.15) is 18.3 Å². The van der Waals surface area contributed by atoms with E-state index in [4.69, 9.17) is 4.52 Å². The number of nitrogens with zero attached hydrogens (tertiary/aromatic N) is 2. The smallest absolute Gasteiger partial charge is 0.268 e. The first-order valence-electron chi connectivity index (χ1n) is 5.39. The number of hydrogen-bond donors (Lipinski definition) is 1. The van der Waals surface area contributed by atoms with E-state index in [0.29, 0.717) is 5.89 Å². The molecule has 2 rings (SSSR count). The molecule has 0 spiro atoms. The van der Waals surface area contributed by atoms with Crippen LogP contribution in [-0.2, 0) is 12.8 Å². The van der Waals surface area contributed by atoms with E-state index in [2.05, 4.69) is 33.8 Å². The maximum atomic E-state index is 5.27. The summed E-state index contributed by atoms with van der Waals surface area (Å²) in [5.41, 5.74) is 1.27. The van der Waals surface area contributed by atoms with E-state index in [0.717, 1.165) is 30.1 Å². The van der Waals surface area contributed by atoms with E-state index >= 15 is 0 Å². The molecule has 4 nitrogen and oxygen atoms in total. The van der Waals surface area contributed by atoms with Gasteiger partial charge in [0.05, 0.1) is 4.88 Å². The lowest BCUT2D eigenvalue weighted by Gasteiger charge is -1.93. The predicted molar refractivity (Wildman–Crippen MR) is 64.6 cm³/mol. The van der Waals surface area contributed by atoms with Gasteiger partial charge in [-0.1, -0.05) is 12.1 Å². The highest BCUT2D eigenvalue weighted by atomic mass is 32.1. The van der Waals surface area contributed by atoms with E-state index in [-0.39, 0.29) is 0 Å². The van der Waals surface area contributed by atoms with E-state index in [9.17, 15) is 0 Å². The Morgan fingerprint density at radius 1 is 1.50 bits per heavy atom. The molecule has 0 unspecified atom stereocenters. The molecule has 0 fully saturated rings. The highest BCUT2D eigenvalue weighted by molar-refractivity contribution is 7.13. The quantitative estimate of drug-likeness (QED) is 0.865. The number of rotatable bonds is 5. The van der Waals surface area contributed by atoms with Crippen LogP contribution in [0.25, 0.3) is 10.8 Å². The van der Waals surface area contributed by atoms with Crippen LogP contribution in [0.2, 0.25) is 0 Å². The molecule has 2 heterocycles. The van der Waals surface area contributed by atoms with E-state index in [1.807, 2.05) is 7.05 Å². The van der Waals surface area contributed by atoms with Crippen LogP contribution >= 0.6 is 11.3 Å². The number of nitrogens with one attached hydrogen (secondary N) is 1. The van der Waals surface area contributed by atoms with Gasteiger partial charge in [-0.3, -0.25) is 0 Å². The molecule has 0 atom stereocenters. The molecule has 0 amide bonds. The molecule has 0 radical (unpaired) electrons. The van der Waals surface area contributed by atoms with E-state index < -0.39 is 0 Å². The molecule has 0 aliphatic rings. The average Bonchev–Trinajstić information content (AvgIpc) is 2.94. The zero-order valence-electron chi connectivity index (χ0n) is 9.49. The minimum atomic E-state index is 0.651. The Balaban J connectivity index is 2.18. The van der Waals surface area contributed by atoms with E-state index in [1.165, 1.54) is 5.56 Å². The van der Waals surface area contributed by atoms with Gasteiger partial charge in [0.1, 0.15) is 0 Å². The summed E-state index contributed by atoms with van der Waals surface area (Å²) in [6.45, 7) is 2.99. The van der Waals surface area contributed by atoms with Crippen LogP contribution in [0.15, 0.2) is 16.0 Å². The van der Waals surface area contributed by atoms with Gasteiger partial charge in [-0.2, -0.15) is 4.98 Å². The minimum absolute atomic E-state index is 0.651. The Hall–Kier alpha value is -1.20. The third-order valence-electron chi connectivity index (χ3n) is 2.39. The Bertz CT molecular complexity index is 450. The van der Waals surface area contributed by atoms with Crippen LogP contribution in [-0.4, -0.2) is 23.7 Å². The average molecular weight is 237 g/mol. The Morgan fingerprint density at radius 2 is 2.38 bits per heavy atom. The Labute approximate surface area is 98.7 Å². The molecule has 1 N–H and O–H groups in total. The molecule has 16 heavy (non-hydrogen) atoms. The maximum absolute atomic E-state index is 5.27. The first kappa shape index (κ1) is 11.3. The fourth-order valence-electron chi connectivity index (χ4n) is 1.49. The van der Waals surface area contributed by atoms with Crippen LogP contribution in [0, 0.1) is 0 Å². The summed E-state index contributed by atoms with van der Waals surface area (Å²) in [6.07, 6.45) is 1.79. The van der Waals surface area contributed by atoms with Crippen molar-refractivity contribution in [2.24, 2.45) is 0 Å². The molecule has 2 aromatic heterocycles. The lowest BCUT2D eigenvalue weighted by atomic mass is 10.2. The van der Waals surface area contributed by atoms with Crippen LogP contribution < -0.4 is 5.32 Å². The molecular weight excluding hydrogens is 222 g/mol. The molecule has 5 heteroatoms. The summed E-state index contributed by atoms with van der Waals surface area (Å²) in [4.78, 5) is 5.49. The fraction of sp³-hybridized carbons (Fsp3) is 0.455. The normalized spacial score (nSPS) is 10.9. The number of aryl methyl sites for hydroxylation is 1. The van der Waals surface area contributed by atoms with Gasteiger partial charge in [-0.05, 0) is 30.5 Å². The second-order valence-electron chi connectivity index (χ2n) is 3.50. The number of likely N-dealkylation sites (N-methyl/N-ethyl adjacent to an activating group) is 1. The van der Waals surface area contributed by atoms with Gasteiger partial charge in [-0.25, -0.2) is 0 Å². The molecule has 0 bridgehead atoms. The zero-order valence-corrected chi connectivity index (χ0v) is 10.3. The van der Waals surface area contributed by atoms with Crippen molar-refractivity contribution in [1.82, 2.24) is 15.5 Å². The molecule has 0 aliphatic carbocycles.